The minimum absolute atomic E-state index is 0.492. The van der Waals surface area contributed by atoms with Crippen molar-refractivity contribution < 1.29 is 4.79 Å². The molecule has 0 unspecified atom stereocenters. The number of rotatable bonds is 0. The molecule has 0 aromatic rings. The lowest BCUT2D eigenvalue weighted by atomic mass is 10.7. The van der Waals surface area contributed by atoms with E-state index in [9.17, 15) is 4.79 Å². The normalized spacial score (nSPS) is 15.9. The Hall–Kier alpha value is -1.26. The molecule has 5 heteroatoms. The predicted octanol–water partition coefficient (Wildman–Crippen LogP) is -1.04. The quantitative estimate of drug-likeness (QED) is 0.453. The van der Waals surface area contributed by atoms with Gasteiger partial charge in [0.05, 0.1) is 6.54 Å². The summed E-state index contributed by atoms with van der Waals surface area (Å²) in [6.07, 6.45) is 0. The minimum atomic E-state index is -0.492. The number of hydrogen-bond acceptors (Lipinski definition) is 3. The number of urea groups is 1. The van der Waals surface area contributed by atoms with Crippen LogP contribution in [-0.2, 0) is 0 Å². The van der Waals surface area contributed by atoms with E-state index in [0.717, 1.165) is 6.54 Å². The van der Waals surface area contributed by atoms with E-state index in [2.05, 4.69) is 10.3 Å². The third kappa shape index (κ3) is 1.18. The van der Waals surface area contributed by atoms with E-state index in [1.165, 1.54) is 4.90 Å². The lowest BCUT2D eigenvalue weighted by Gasteiger charge is -2.12. The van der Waals surface area contributed by atoms with Crippen molar-refractivity contribution in [2.75, 3.05) is 20.1 Å². The molecule has 5 nitrogen and oxygen atoms in total. The van der Waals surface area contributed by atoms with Crippen LogP contribution in [0.2, 0.25) is 0 Å². The van der Waals surface area contributed by atoms with E-state index in [0.29, 0.717) is 12.5 Å². The molecule has 1 rings (SSSR count). The molecule has 1 aliphatic heterocycles. The molecular weight excluding hydrogens is 132 g/mol. The second-order valence-electron chi connectivity index (χ2n) is 2.03. The summed E-state index contributed by atoms with van der Waals surface area (Å²) in [7, 11) is 1.58. The first-order valence-electron chi connectivity index (χ1n) is 3.03. The Balaban J connectivity index is 2.55. The summed E-state index contributed by atoms with van der Waals surface area (Å²) in [5.41, 5.74) is 4.98. The number of primary amides is 1. The number of hydrogen-bond donors (Lipinski definition) is 2. The molecule has 10 heavy (non-hydrogen) atoms. The van der Waals surface area contributed by atoms with Crippen molar-refractivity contribution >= 4 is 12.0 Å². The van der Waals surface area contributed by atoms with Crippen LogP contribution >= 0.6 is 0 Å². The number of nitrogens with one attached hydrogen (secondary N) is 1. The average molecular weight is 142 g/mol. The van der Waals surface area contributed by atoms with Crippen molar-refractivity contribution in [1.82, 2.24) is 10.2 Å². The topological polar surface area (TPSA) is 70.7 Å². The molecule has 0 saturated carbocycles. The van der Waals surface area contributed by atoms with Crippen molar-refractivity contribution in [3.63, 3.8) is 0 Å². The molecule has 56 valence electrons. The van der Waals surface area contributed by atoms with Crippen LogP contribution in [0.25, 0.3) is 0 Å². The molecule has 0 fully saturated rings. The molecule has 0 bridgehead atoms. The Bertz CT molecular complexity index is 176. The number of nitrogens with zero attached hydrogens (tertiary/aromatic N) is 2. The lowest BCUT2D eigenvalue weighted by Crippen LogP contribution is -2.42. The van der Waals surface area contributed by atoms with Crippen LogP contribution in [0.4, 0.5) is 4.79 Å². The van der Waals surface area contributed by atoms with Gasteiger partial charge in [-0.3, -0.25) is 9.89 Å². The van der Waals surface area contributed by atoms with Gasteiger partial charge in [0.2, 0.25) is 5.96 Å². The summed E-state index contributed by atoms with van der Waals surface area (Å²) < 4.78 is 0. The number of nitrogens with two attached hydrogens (primary N) is 1. The van der Waals surface area contributed by atoms with Gasteiger partial charge in [-0.2, -0.15) is 0 Å². The first kappa shape index (κ1) is 6.85. The van der Waals surface area contributed by atoms with Gasteiger partial charge in [0.15, 0.2) is 0 Å². The van der Waals surface area contributed by atoms with E-state index >= 15 is 0 Å². The van der Waals surface area contributed by atoms with Crippen LogP contribution in [0.3, 0.4) is 0 Å². The number of carbonyl (C=O) groups is 1. The van der Waals surface area contributed by atoms with Gasteiger partial charge in [0.25, 0.3) is 0 Å². The van der Waals surface area contributed by atoms with Gasteiger partial charge in [-0.15, -0.1) is 0 Å². The second-order valence-corrected chi connectivity index (χ2v) is 2.03. The molecule has 3 N–H and O–H groups in total. The minimum Gasteiger partial charge on any atom is -0.354 e. The molecule has 1 heterocycles. The van der Waals surface area contributed by atoms with Gasteiger partial charge in [-0.1, -0.05) is 0 Å². The maximum atomic E-state index is 10.5. The van der Waals surface area contributed by atoms with Crippen molar-refractivity contribution in [1.29, 1.82) is 0 Å². The maximum Gasteiger partial charge on any atom is 0.321 e. The van der Waals surface area contributed by atoms with Gasteiger partial charge < -0.3 is 11.1 Å². The van der Waals surface area contributed by atoms with Crippen LogP contribution in [-0.4, -0.2) is 37.0 Å². The molecule has 0 aromatic heterocycles. The monoisotopic (exact) mass is 142 g/mol. The summed E-state index contributed by atoms with van der Waals surface area (Å²) >= 11 is 0. The van der Waals surface area contributed by atoms with Crippen LogP contribution in [0, 0.1) is 0 Å². The van der Waals surface area contributed by atoms with Crippen molar-refractivity contribution in [3.05, 3.63) is 0 Å². The number of amides is 2. The Labute approximate surface area is 58.9 Å². The van der Waals surface area contributed by atoms with Gasteiger partial charge in [0.1, 0.15) is 0 Å². The van der Waals surface area contributed by atoms with Crippen LogP contribution in [0.15, 0.2) is 4.99 Å². The SMILES string of the molecule is CN(C(N)=O)C1=NCCN1. The van der Waals surface area contributed by atoms with Crippen molar-refractivity contribution in [2.45, 2.75) is 0 Å². The highest BCUT2D eigenvalue weighted by atomic mass is 16.2. The largest absolute Gasteiger partial charge is 0.354 e. The summed E-state index contributed by atoms with van der Waals surface area (Å²) in [6, 6.07) is -0.492. The van der Waals surface area contributed by atoms with Crippen molar-refractivity contribution in [2.24, 2.45) is 10.7 Å². The maximum absolute atomic E-state index is 10.5. The average Bonchev–Trinajstić information content (AvgIpc) is 2.36. The molecule has 1 aliphatic rings. The molecule has 0 spiro atoms. The van der Waals surface area contributed by atoms with E-state index < -0.39 is 6.03 Å². The molecule has 2 amide bonds. The lowest BCUT2D eigenvalue weighted by molar-refractivity contribution is 0.235. The van der Waals surface area contributed by atoms with E-state index in [4.69, 9.17) is 5.73 Å². The first-order chi connectivity index (χ1) is 4.72. The second kappa shape index (κ2) is 2.55. The summed E-state index contributed by atoms with van der Waals surface area (Å²) in [6.45, 7) is 1.50. The van der Waals surface area contributed by atoms with Gasteiger partial charge in [-0.25, -0.2) is 4.79 Å². The fourth-order valence-corrected chi connectivity index (χ4v) is 0.714. The zero-order chi connectivity index (χ0) is 7.56. The first-order valence-corrected chi connectivity index (χ1v) is 3.03. The van der Waals surface area contributed by atoms with Gasteiger partial charge >= 0.3 is 6.03 Å². The highest BCUT2D eigenvalue weighted by Crippen LogP contribution is 1.89. The van der Waals surface area contributed by atoms with Gasteiger partial charge in [-0.05, 0) is 0 Å². The van der Waals surface area contributed by atoms with E-state index in [1.807, 2.05) is 0 Å². The fourth-order valence-electron chi connectivity index (χ4n) is 0.714. The Morgan fingerprint density at radius 3 is 3.00 bits per heavy atom. The molecular formula is C5H10N4O. The fraction of sp³-hybridized carbons (Fsp3) is 0.600. The number of carbonyl (C=O) groups excluding carboxylic acids is 1. The highest BCUT2D eigenvalue weighted by Gasteiger charge is 2.13. The molecule has 0 aromatic carbocycles. The smallest absolute Gasteiger partial charge is 0.321 e. The third-order valence-corrected chi connectivity index (χ3v) is 1.30. The zero-order valence-corrected chi connectivity index (χ0v) is 5.79. The number of aliphatic imine (C=N–C) groups is 1. The molecule has 0 saturated heterocycles. The van der Waals surface area contributed by atoms with E-state index in [-0.39, 0.29) is 0 Å². The van der Waals surface area contributed by atoms with Gasteiger partial charge in [0, 0.05) is 13.6 Å². The van der Waals surface area contributed by atoms with Crippen molar-refractivity contribution in [3.8, 4) is 0 Å². The summed E-state index contributed by atoms with van der Waals surface area (Å²) in [5.74, 6) is 0.563. The van der Waals surface area contributed by atoms with Crippen LogP contribution in [0.5, 0.6) is 0 Å². The summed E-state index contributed by atoms with van der Waals surface area (Å²) in [4.78, 5) is 15.8. The highest BCUT2D eigenvalue weighted by molar-refractivity contribution is 5.95. The molecule has 0 atom stereocenters. The standard InChI is InChI=1S/C5H10N4O/c1-9(4(6)10)5-7-2-3-8-5/h2-3H2,1H3,(H2,6,10)(H,7,8). The van der Waals surface area contributed by atoms with Crippen LogP contribution < -0.4 is 11.1 Å². The molecule has 0 radical (unpaired) electrons. The Morgan fingerprint density at radius 1 is 1.90 bits per heavy atom. The van der Waals surface area contributed by atoms with E-state index in [1.54, 1.807) is 7.05 Å². The zero-order valence-electron chi connectivity index (χ0n) is 5.79. The molecule has 0 aliphatic carbocycles. The Kier molecular flexibility index (Phi) is 1.75. The Morgan fingerprint density at radius 2 is 2.60 bits per heavy atom. The summed E-state index contributed by atoms with van der Waals surface area (Å²) in [5, 5.41) is 2.91. The number of guanidine groups is 1. The van der Waals surface area contributed by atoms with Crippen LogP contribution in [0.1, 0.15) is 0 Å². The predicted molar refractivity (Wildman–Crippen MR) is 37.7 cm³/mol. The third-order valence-electron chi connectivity index (χ3n) is 1.30.